The van der Waals surface area contributed by atoms with Crippen LogP contribution in [-0.2, 0) is 6.54 Å². The van der Waals surface area contributed by atoms with Gasteiger partial charge in [-0.1, -0.05) is 60.7 Å². The van der Waals surface area contributed by atoms with Crippen LogP contribution in [0.25, 0.3) is 22.4 Å². The standard InChI is InChI=1S/C26H22N4O5/c1-3-29-26(32)23(25(31)27-19-14-15-21(35-2)20(16-19)30(33)34)22(17-10-6-4-7-11-17)24(28-29)18-12-8-5-9-13-18/h4-16H,3H2,1-2H3,(H,27,31). The second-order valence-electron chi connectivity index (χ2n) is 7.55. The third-order valence-electron chi connectivity index (χ3n) is 5.43. The first-order chi connectivity index (χ1) is 16.9. The number of nitrogens with zero attached hydrogens (tertiary/aromatic N) is 3. The van der Waals surface area contributed by atoms with Gasteiger partial charge in [0.1, 0.15) is 5.56 Å². The second kappa shape index (κ2) is 10.0. The van der Waals surface area contributed by atoms with Crippen LogP contribution in [-0.4, -0.2) is 27.7 Å². The summed E-state index contributed by atoms with van der Waals surface area (Å²) in [7, 11) is 1.32. The van der Waals surface area contributed by atoms with Gasteiger partial charge in [-0.05, 0) is 24.6 Å². The Hall–Kier alpha value is -4.79. The number of amides is 1. The molecule has 0 atom stereocenters. The van der Waals surface area contributed by atoms with E-state index in [1.54, 1.807) is 19.1 Å². The number of benzene rings is 3. The third-order valence-corrected chi connectivity index (χ3v) is 5.43. The van der Waals surface area contributed by atoms with Crippen LogP contribution in [0, 0.1) is 10.1 Å². The number of hydrogen-bond acceptors (Lipinski definition) is 6. The van der Waals surface area contributed by atoms with Crippen molar-refractivity contribution in [2.45, 2.75) is 13.5 Å². The van der Waals surface area contributed by atoms with Crippen LogP contribution in [0.3, 0.4) is 0 Å². The molecule has 0 unspecified atom stereocenters. The molecular formula is C26H22N4O5. The first kappa shape index (κ1) is 23.4. The van der Waals surface area contributed by atoms with Crippen molar-refractivity contribution in [1.29, 1.82) is 0 Å². The van der Waals surface area contributed by atoms with Gasteiger partial charge in [-0.2, -0.15) is 5.10 Å². The van der Waals surface area contributed by atoms with Crippen LogP contribution in [0.15, 0.2) is 83.7 Å². The zero-order valence-electron chi connectivity index (χ0n) is 19.1. The summed E-state index contributed by atoms with van der Waals surface area (Å²) in [5, 5.41) is 18.6. The number of nitrogens with one attached hydrogen (secondary N) is 1. The lowest BCUT2D eigenvalue weighted by atomic mass is 9.95. The Bertz CT molecular complexity index is 1450. The van der Waals surface area contributed by atoms with Gasteiger partial charge in [0.05, 0.1) is 17.7 Å². The number of methoxy groups -OCH3 is 1. The minimum absolute atomic E-state index is 0.0570. The zero-order valence-corrected chi connectivity index (χ0v) is 19.1. The predicted molar refractivity (Wildman–Crippen MR) is 133 cm³/mol. The van der Waals surface area contributed by atoms with Gasteiger partial charge in [0.2, 0.25) is 0 Å². The lowest BCUT2D eigenvalue weighted by molar-refractivity contribution is -0.385. The molecule has 9 nitrogen and oxygen atoms in total. The lowest BCUT2D eigenvalue weighted by Gasteiger charge is -2.17. The van der Waals surface area contributed by atoms with E-state index in [0.29, 0.717) is 16.8 Å². The topological polar surface area (TPSA) is 116 Å². The molecule has 176 valence electrons. The summed E-state index contributed by atoms with van der Waals surface area (Å²) in [6, 6.07) is 22.4. The molecule has 0 radical (unpaired) electrons. The van der Waals surface area contributed by atoms with Crippen LogP contribution in [0.1, 0.15) is 17.3 Å². The molecule has 0 bridgehead atoms. The van der Waals surface area contributed by atoms with Crippen molar-refractivity contribution < 1.29 is 14.5 Å². The minimum Gasteiger partial charge on any atom is -0.490 e. The molecule has 0 saturated carbocycles. The van der Waals surface area contributed by atoms with E-state index in [2.05, 4.69) is 10.4 Å². The number of anilines is 1. The summed E-state index contributed by atoms with van der Waals surface area (Å²) in [6.45, 7) is 2.02. The van der Waals surface area contributed by atoms with Gasteiger partial charge in [0.15, 0.2) is 5.75 Å². The van der Waals surface area contributed by atoms with Crippen molar-refractivity contribution in [2.75, 3.05) is 12.4 Å². The molecule has 1 aromatic heterocycles. The zero-order chi connectivity index (χ0) is 24.9. The van der Waals surface area contributed by atoms with Crippen molar-refractivity contribution in [3.63, 3.8) is 0 Å². The smallest absolute Gasteiger partial charge is 0.312 e. The Morgan fingerprint density at radius 3 is 2.23 bits per heavy atom. The van der Waals surface area contributed by atoms with Crippen molar-refractivity contribution in [3.05, 3.63) is 105 Å². The summed E-state index contributed by atoms with van der Waals surface area (Å²) in [5.41, 5.74) is 1.42. The number of hydrogen-bond donors (Lipinski definition) is 1. The Morgan fingerprint density at radius 2 is 1.66 bits per heavy atom. The van der Waals surface area contributed by atoms with Gasteiger partial charge in [0.25, 0.3) is 11.5 Å². The number of rotatable bonds is 7. The van der Waals surface area contributed by atoms with Crippen molar-refractivity contribution in [3.8, 4) is 28.1 Å². The summed E-state index contributed by atoms with van der Waals surface area (Å²) >= 11 is 0. The Morgan fingerprint density at radius 1 is 1.03 bits per heavy atom. The highest BCUT2D eigenvalue weighted by Gasteiger charge is 2.26. The Balaban J connectivity index is 1.93. The number of nitro groups is 1. The normalized spacial score (nSPS) is 10.6. The Labute approximate surface area is 200 Å². The molecule has 9 heteroatoms. The molecule has 0 fully saturated rings. The maximum Gasteiger partial charge on any atom is 0.312 e. The molecule has 35 heavy (non-hydrogen) atoms. The van der Waals surface area contributed by atoms with Crippen LogP contribution in [0.5, 0.6) is 5.75 Å². The van der Waals surface area contributed by atoms with E-state index in [0.717, 1.165) is 5.56 Å². The van der Waals surface area contributed by atoms with Crippen molar-refractivity contribution in [2.24, 2.45) is 0 Å². The van der Waals surface area contributed by atoms with E-state index in [1.165, 1.54) is 30.0 Å². The summed E-state index contributed by atoms with van der Waals surface area (Å²) in [4.78, 5) is 37.8. The number of carbonyl (C=O) groups is 1. The molecule has 0 spiro atoms. The second-order valence-corrected chi connectivity index (χ2v) is 7.55. The SMILES string of the molecule is CCn1nc(-c2ccccc2)c(-c2ccccc2)c(C(=O)Nc2ccc(OC)c([N+](=O)[O-])c2)c1=O. The van der Waals surface area contributed by atoms with Crippen LogP contribution < -0.4 is 15.6 Å². The average molecular weight is 470 g/mol. The molecule has 0 aliphatic rings. The quantitative estimate of drug-likeness (QED) is 0.307. The molecule has 0 aliphatic heterocycles. The largest absolute Gasteiger partial charge is 0.490 e. The van der Waals surface area contributed by atoms with E-state index in [-0.39, 0.29) is 29.2 Å². The van der Waals surface area contributed by atoms with Crippen molar-refractivity contribution in [1.82, 2.24) is 9.78 Å². The van der Waals surface area contributed by atoms with E-state index in [9.17, 15) is 19.7 Å². The van der Waals surface area contributed by atoms with E-state index in [4.69, 9.17) is 4.74 Å². The van der Waals surface area contributed by atoms with Crippen LogP contribution in [0.2, 0.25) is 0 Å². The van der Waals surface area contributed by atoms with Crippen LogP contribution >= 0.6 is 0 Å². The highest BCUT2D eigenvalue weighted by atomic mass is 16.6. The van der Waals surface area contributed by atoms with Crippen molar-refractivity contribution >= 4 is 17.3 Å². The number of carbonyl (C=O) groups excluding carboxylic acids is 1. The maximum atomic E-state index is 13.6. The van der Waals surface area contributed by atoms with Gasteiger partial charge >= 0.3 is 5.69 Å². The monoisotopic (exact) mass is 470 g/mol. The number of ether oxygens (including phenoxy) is 1. The van der Waals surface area contributed by atoms with Crippen LogP contribution in [0.4, 0.5) is 11.4 Å². The van der Waals surface area contributed by atoms with Gasteiger partial charge in [0, 0.05) is 29.4 Å². The highest BCUT2D eigenvalue weighted by molar-refractivity contribution is 6.10. The number of nitro benzene ring substituents is 1. The number of aryl methyl sites for hydroxylation is 1. The van der Waals surface area contributed by atoms with E-state index < -0.39 is 16.4 Å². The molecule has 0 aliphatic carbocycles. The first-order valence-corrected chi connectivity index (χ1v) is 10.8. The van der Waals surface area contributed by atoms with Gasteiger partial charge in [-0.25, -0.2) is 4.68 Å². The molecule has 0 saturated heterocycles. The van der Waals surface area contributed by atoms with Gasteiger partial charge in [-0.3, -0.25) is 19.7 Å². The lowest BCUT2D eigenvalue weighted by Crippen LogP contribution is -2.32. The van der Waals surface area contributed by atoms with Gasteiger partial charge in [-0.15, -0.1) is 0 Å². The molecular weight excluding hydrogens is 448 g/mol. The summed E-state index contributed by atoms with van der Waals surface area (Å²) in [6.07, 6.45) is 0. The number of aromatic nitrogens is 2. The summed E-state index contributed by atoms with van der Waals surface area (Å²) < 4.78 is 6.26. The fraction of sp³-hybridized carbons (Fsp3) is 0.115. The molecule has 4 rings (SSSR count). The van der Waals surface area contributed by atoms with E-state index in [1.807, 2.05) is 48.5 Å². The maximum absolute atomic E-state index is 13.6. The van der Waals surface area contributed by atoms with Gasteiger partial charge < -0.3 is 10.1 Å². The molecule has 1 amide bonds. The average Bonchev–Trinajstić information content (AvgIpc) is 2.89. The fourth-order valence-electron chi connectivity index (χ4n) is 3.78. The fourth-order valence-corrected chi connectivity index (χ4v) is 3.78. The molecule has 3 aromatic carbocycles. The third kappa shape index (κ3) is 4.65. The minimum atomic E-state index is -0.699. The highest BCUT2D eigenvalue weighted by Crippen LogP contribution is 2.33. The molecule has 1 heterocycles. The summed E-state index contributed by atoms with van der Waals surface area (Å²) in [5.74, 6) is -0.642. The van der Waals surface area contributed by atoms with E-state index >= 15 is 0 Å². The Kier molecular flexibility index (Phi) is 6.68. The molecule has 1 N–H and O–H groups in total. The first-order valence-electron chi connectivity index (χ1n) is 10.8. The molecule has 4 aromatic rings. The predicted octanol–water partition coefficient (Wildman–Crippen LogP) is 4.77.